The number of piperidine rings is 1. The van der Waals surface area contributed by atoms with Crippen LogP contribution in [0.4, 0.5) is 0 Å². The molecule has 1 N–H and O–H groups in total. The van der Waals surface area contributed by atoms with Crippen molar-refractivity contribution in [1.82, 2.24) is 15.5 Å². The molecule has 15 heavy (non-hydrogen) atoms. The van der Waals surface area contributed by atoms with Crippen LogP contribution in [-0.4, -0.2) is 23.2 Å². The van der Waals surface area contributed by atoms with E-state index in [1.54, 1.807) is 0 Å². The Balaban J connectivity index is 2.12. The van der Waals surface area contributed by atoms with Crippen molar-refractivity contribution >= 4 is 0 Å². The molecule has 0 radical (unpaired) electrons. The molecule has 1 saturated heterocycles. The van der Waals surface area contributed by atoms with Crippen molar-refractivity contribution in [2.24, 2.45) is 0 Å². The van der Waals surface area contributed by atoms with Crippen molar-refractivity contribution in [3.05, 3.63) is 11.7 Å². The van der Waals surface area contributed by atoms with Gasteiger partial charge in [-0.15, -0.1) is 0 Å². The fraction of sp³-hybridized carbons (Fsp3) is 0.818. The number of nitrogens with zero attached hydrogens (tertiary/aromatic N) is 2. The van der Waals surface area contributed by atoms with Crippen LogP contribution in [0.15, 0.2) is 4.52 Å². The quantitative estimate of drug-likeness (QED) is 0.766. The molecule has 0 spiro atoms. The van der Waals surface area contributed by atoms with Gasteiger partial charge in [-0.05, 0) is 19.4 Å². The average Bonchev–Trinajstić information content (AvgIpc) is 2.67. The Hall–Kier alpha value is -0.900. The molecule has 4 heteroatoms. The molecule has 0 aromatic carbocycles. The lowest BCUT2D eigenvalue weighted by atomic mass is 9.95. The second-order valence-electron chi connectivity index (χ2n) is 5.25. The largest absolute Gasteiger partial charge is 0.339 e. The van der Waals surface area contributed by atoms with Crippen LogP contribution in [0.3, 0.4) is 0 Å². The monoisotopic (exact) mass is 209 g/mol. The molecule has 0 amide bonds. The minimum atomic E-state index is -0.0240. The van der Waals surface area contributed by atoms with Crippen LogP contribution in [0.5, 0.6) is 0 Å². The Morgan fingerprint density at radius 2 is 2.20 bits per heavy atom. The minimum Gasteiger partial charge on any atom is -0.339 e. The fourth-order valence-corrected chi connectivity index (χ4v) is 1.77. The topological polar surface area (TPSA) is 51.0 Å². The van der Waals surface area contributed by atoms with E-state index in [1.807, 2.05) is 0 Å². The Morgan fingerprint density at radius 3 is 2.73 bits per heavy atom. The summed E-state index contributed by atoms with van der Waals surface area (Å²) in [6.07, 6.45) is 2.34. The minimum absolute atomic E-state index is 0.0240. The van der Waals surface area contributed by atoms with E-state index in [0.717, 1.165) is 31.2 Å². The van der Waals surface area contributed by atoms with Gasteiger partial charge in [-0.2, -0.15) is 4.98 Å². The molecule has 0 bridgehead atoms. The van der Waals surface area contributed by atoms with E-state index in [2.05, 4.69) is 36.2 Å². The van der Waals surface area contributed by atoms with Gasteiger partial charge in [0, 0.05) is 12.0 Å². The van der Waals surface area contributed by atoms with Gasteiger partial charge in [-0.1, -0.05) is 25.9 Å². The summed E-state index contributed by atoms with van der Waals surface area (Å²) < 4.78 is 5.33. The second kappa shape index (κ2) is 3.93. The van der Waals surface area contributed by atoms with E-state index in [9.17, 15) is 0 Å². The maximum atomic E-state index is 5.33. The smallest absolute Gasteiger partial charge is 0.231 e. The maximum Gasteiger partial charge on any atom is 0.231 e. The van der Waals surface area contributed by atoms with Crippen LogP contribution in [0.1, 0.15) is 51.2 Å². The predicted molar refractivity (Wildman–Crippen MR) is 57.8 cm³/mol. The second-order valence-corrected chi connectivity index (χ2v) is 5.25. The van der Waals surface area contributed by atoms with Gasteiger partial charge in [0.15, 0.2) is 5.82 Å². The van der Waals surface area contributed by atoms with E-state index in [4.69, 9.17) is 4.52 Å². The molecule has 0 aliphatic carbocycles. The molecule has 2 heterocycles. The number of rotatable bonds is 1. The first-order valence-electron chi connectivity index (χ1n) is 5.62. The highest BCUT2D eigenvalue weighted by molar-refractivity contribution is 5.03. The third-order valence-electron chi connectivity index (χ3n) is 2.76. The molecule has 1 aliphatic heterocycles. The summed E-state index contributed by atoms with van der Waals surface area (Å²) in [7, 11) is 0. The van der Waals surface area contributed by atoms with Gasteiger partial charge < -0.3 is 9.84 Å². The van der Waals surface area contributed by atoms with Crippen LogP contribution in [0, 0.1) is 0 Å². The first-order valence-corrected chi connectivity index (χ1v) is 5.62. The van der Waals surface area contributed by atoms with E-state index >= 15 is 0 Å². The molecule has 1 atom stereocenters. The Bertz CT molecular complexity index is 321. The van der Waals surface area contributed by atoms with Crippen LogP contribution >= 0.6 is 0 Å². The van der Waals surface area contributed by atoms with Gasteiger partial charge in [0.05, 0.1) is 5.92 Å². The lowest BCUT2D eigenvalue weighted by Gasteiger charge is -2.19. The summed E-state index contributed by atoms with van der Waals surface area (Å²) in [6, 6.07) is 0. The molecule has 1 aromatic heterocycles. The SMILES string of the molecule is CC(C)(C)c1noc([C@H]2CCCNC2)n1. The lowest BCUT2D eigenvalue weighted by molar-refractivity contribution is 0.316. The van der Waals surface area contributed by atoms with E-state index in [-0.39, 0.29) is 5.41 Å². The van der Waals surface area contributed by atoms with Crippen molar-refractivity contribution in [1.29, 1.82) is 0 Å². The molecule has 2 rings (SSSR count). The van der Waals surface area contributed by atoms with E-state index in [0.29, 0.717) is 5.92 Å². The lowest BCUT2D eigenvalue weighted by Crippen LogP contribution is -2.28. The first-order chi connectivity index (χ1) is 7.07. The number of aromatic nitrogens is 2. The summed E-state index contributed by atoms with van der Waals surface area (Å²) in [4.78, 5) is 4.49. The fourth-order valence-electron chi connectivity index (χ4n) is 1.77. The highest BCUT2D eigenvalue weighted by Crippen LogP contribution is 2.25. The molecule has 84 valence electrons. The van der Waals surface area contributed by atoms with Gasteiger partial charge in [-0.3, -0.25) is 0 Å². The average molecular weight is 209 g/mol. The summed E-state index contributed by atoms with van der Waals surface area (Å²) in [5.74, 6) is 2.01. The van der Waals surface area contributed by atoms with Gasteiger partial charge >= 0.3 is 0 Å². The zero-order valence-electron chi connectivity index (χ0n) is 9.71. The summed E-state index contributed by atoms with van der Waals surface area (Å²) in [6.45, 7) is 8.37. The molecule has 1 fully saturated rings. The van der Waals surface area contributed by atoms with Crippen molar-refractivity contribution in [3.63, 3.8) is 0 Å². The van der Waals surface area contributed by atoms with Crippen LogP contribution in [0.25, 0.3) is 0 Å². The highest BCUT2D eigenvalue weighted by Gasteiger charge is 2.25. The van der Waals surface area contributed by atoms with Gasteiger partial charge in [-0.25, -0.2) is 0 Å². The Kier molecular flexibility index (Phi) is 2.78. The molecule has 4 nitrogen and oxygen atoms in total. The van der Waals surface area contributed by atoms with Crippen molar-refractivity contribution < 1.29 is 4.52 Å². The number of hydrogen-bond donors (Lipinski definition) is 1. The van der Waals surface area contributed by atoms with Crippen LogP contribution in [-0.2, 0) is 5.41 Å². The molecule has 0 unspecified atom stereocenters. The molecule has 0 saturated carbocycles. The summed E-state index contributed by atoms with van der Waals surface area (Å²) in [5.41, 5.74) is -0.0240. The normalized spacial score (nSPS) is 23.0. The molecule has 1 aromatic rings. The van der Waals surface area contributed by atoms with Crippen LogP contribution in [0.2, 0.25) is 0 Å². The molecule has 1 aliphatic rings. The summed E-state index contributed by atoms with van der Waals surface area (Å²) in [5, 5.41) is 7.40. The number of nitrogens with one attached hydrogen (secondary N) is 1. The first kappa shape index (κ1) is 10.6. The Morgan fingerprint density at radius 1 is 1.40 bits per heavy atom. The highest BCUT2D eigenvalue weighted by atomic mass is 16.5. The third-order valence-corrected chi connectivity index (χ3v) is 2.76. The van der Waals surface area contributed by atoms with Gasteiger partial charge in [0.1, 0.15) is 0 Å². The Labute approximate surface area is 90.4 Å². The predicted octanol–water partition coefficient (Wildman–Crippen LogP) is 1.83. The zero-order chi connectivity index (χ0) is 10.9. The molecular formula is C11H19N3O. The van der Waals surface area contributed by atoms with Gasteiger partial charge in [0.25, 0.3) is 0 Å². The summed E-state index contributed by atoms with van der Waals surface area (Å²) >= 11 is 0. The zero-order valence-corrected chi connectivity index (χ0v) is 9.71. The van der Waals surface area contributed by atoms with Crippen molar-refractivity contribution in [2.45, 2.75) is 44.9 Å². The van der Waals surface area contributed by atoms with Gasteiger partial charge in [0.2, 0.25) is 5.89 Å². The third kappa shape index (κ3) is 2.37. The van der Waals surface area contributed by atoms with Crippen molar-refractivity contribution in [3.8, 4) is 0 Å². The number of hydrogen-bond acceptors (Lipinski definition) is 4. The maximum absolute atomic E-state index is 5.33. The molecular weight excluding hydrogens is 190 g/mol. The van der Waals surface area contributed by atoms with E-state index in [1.165, 1.54) is 6.42 Å². The standard InChI is InChI=1S/C11H19N3O/c1-11(2,3)10-13-9(15-14-10)8-5-4-6-12-7-8/h8,12H,4-7H2,1-3H3/t8-/m0/s1. The van der Waals surface area contributed by atoms with E-state index < -0.39 is 0 Å². The van der Waals surface area contributed by atoms with Crippen molar-refractivity contribution in [2.75, 3.05) is 13.1 Å². The van der Waals surface area contributed by atoms with Crippen LogP contribution < -0.4 is 5.32 Å².